The largest absolute Gasteiger partial charge is 0.496 e. The number of aryl methyl sites for hydroxylation is 1. The number of hydrogen-bond acceptors (Lipinski definition) is 9. The summed E-state index contributed by atoms with van der Waals surface area (Å²) in [6.07, 6.45) is 4.02. The van der Waals surface area contributed by atoms with Gasteiger partial charge in [-0.05, 0) is 51.2 Å². The number of ether oxygens (including phenoxy) is 3. The minimum Gasteiger partial charge on any atom is -0.496 e. The Morgan fingerprint density at radius 2 is 1.98 bits per heavy atom. The van der Waals surface area contributed by atoms with E-state index in [1.807, 2.05) is 24.3 Å². The van der Waals surface area contributed by atoms with E-state index in [0.717, 1.165) is 23.0 Å². The number of fused-ring (bicyclic) bond motifs is 1. The Morgan fingerprint density at radius 3 is 2.63 bits per heavy atom. The summed E-state index contributed by atoms with van der Waals surface area (Å²) in [5.74, 6) is -0.113. The zero-order valence-electron chi connectivity index (χ0n) is 23.4. The van der Waals surface area contributed by atoms with Crippen LogP contribution < -0.4 is 16.0 Å². The fourth-order valence-corrected chi connectivity index (χ4v) is 6.38. The van der Waals surface area contributed by atoms with Crippen molar-refractivity contribution in [2.24, 2.45) is 5.92 Å². The standard InChI is InChI=1S/C29H33N3O8S/c1-17-22-25(33)32(29(2,3)27(34)35)28(36)31(26(22)41-23(17)24-30-11-14-39-24)15-21(19-7-5-6-8-20(19)37-4)40-16-18-9-12-38-13-10-18/h5-8,11,14,18,21H,9-10,12-13,15-16H2,1-4H3,(H,34,35). The number of para-hydroxylation sites is 1. The number of rotatable bonds is 10. The van der Waals surface area contributed by atoms with Gasteiger partial charge in [-0.1, -0.05) is 18.2 Å². The molecular weight excluding hydrogens is 550 g/mol. The van der Waals surface area contributed by atoms with Crippen LogP contribution in [0, 0.1) is 12.8 Å². The number of methoxy groups -OCH3 is 1. The van der Waals surface area contributed by atoms with Crippen molar-refractivity contribution in [2.75, 3.05) is 26.9 Å². The van der Waals surface area contributed by atoms with Crippen molar-refractivity contribution in [2.45, 2.75) is 51.8 Å². The molecule has 0 saturated carbocycles. The molecule has 4 heterocycles. The van der Waals surface area contributed by atoms with Crippen LogP contribution in [0.4, 0.5) is 0 Å². The van der Waals surface area contributed by atoms with Crippen LogP contribution >= 0.6 is 11.3 Å². The summed E-state index contributed by atoms with van der Waals surface area (Å²) in [4.78, 5) is 45.4. The molecule has 1 aliphatic rings. The number of aromatic nitrogens is 3. The van der Waals surface area contributed by atoms with E-state index in [0.29, 0.717) is 52.6 Å². The average molecular weight is 584 g/mol. The van der Waals surface area contributed by atoms with Gasteiger partial charge >= 0.3 is 11.7 Å². The normalized spacial score (nSPS) is 15.3. The molecule has 1 aromatic carbocycles. The summed E-state index contributed by atoms with van der Waals surface area (Å²) in [7, 11) is 1.57. The van der Waals surface area contributed by atoms with Crippen LogP contribution in [0.5, 0.6) is 5.75 Å². The average Bonchev–Trinajstić information content (AvgIpc) is 3.61. The zero-order valence-corrected chi connectivity index (χ0v) is 24.2. The van der Waals surface area contributed by atoms with Crippen molar-refractivity contribution >= 4 is 27.5 Å². The first-order valence-electron chi connectivity index (χ1n) is 13.4. The maximum atomic E-state index is 14.1. The van der Waals surface area contributed by atoms with E-state index in [1.54, 1.807) is 14.0 Å². The molecule has 0 radical (unpaired) electrons. The summed E-state index contributed by atoms with van der Waals surface area (Å²) < 4.78 is 25.4. The highest BCUT2D eigenvalue weighted by atomic mass is 32.1. The van der Waals surface area contributed by atoms with Crippen LogP contribution in [-0.4, -0.2) is 52.1 Å². The second kappa shape index (κ2) is 11.6. The smallest absolute Gasteiger partial charge is 0.333 e. The third-order valence-electron chi connectivity index (χ3n) is 7.63. The first-order valence-corrected chi connectivity index (χ1v) is 14.2. The Balaban J connectivity index is 1.71. The van der Waals surface area contributed by atoms with E-state index < -0.39 is 28.9 Å². The zero-order chi connectivity index (χ0) is 29.3. The van der Waals surface area contributed by atoms with Crippen LogP contribution in [0.1, 0.15) is 43.9 Å². The van der Waals surface area contributed by atoms with Gasteiger partial charge in [0.2, 0.25) is 5.89 Å². The number of carboxylic acid groups (broad SMARTS) is 1. The molecule has 41 heavy (non-hydrogen) atoms. The first kappa shape index (κ1) is 28.8. The van der Waals surface area contributed by atoms with Gasteiger partial charge in [-0.15, -0.1) is 11.3 Å². The summed E-state index contributed by atoms with van der Waals surface area (Å²) in [6.45, 7) is 6.21. The Kier molecular flexibility index (Phi) is 8.16. The lowest BCUT2D eigenvalue weighted by molar-refractivity contribution is -0.146. The van der Waals surface area contributed by atoms with Crippen molar-refractivity contribution in [1.82, 2.24) is 14.1 Å². The quantitative estimate of drug-likeness (QED) is 0.291. The molecule has 11 nitrogen and oxygen atoms in total. The van der Waals surface area contributed by atoms with Crippen molar-refractivity contribution in [3.05, 3.63) is 68.7 Å². The predicted molar refractivity (Wildman–Crippen MR) is 153 cm³/mol. The van der Waals surface area contributed by atoms with Crippen LogP contribution in [0.2, 0.25) is 0 Å². The Hall–Kier alpha value is -3.74. The molecule has 1 aliphatic heterocycles. The van der Waals surface area contributed by atoms with E-state index in [4.69, 9.17) is 18.6 Å². The number of aliphatic carboxylic acids is 1. The van der Waals surface area contributed by atoms with E-state index in [-0.39, 0.29) is 11.9 Å². The van der Waals surface area contributed by atoms with Gasteiger partial charge < -0.3 is 23.7 Å². The highest BCUT2D eigenvalue weighted by Gasteiger charge is 2.36. The van der Waals surface area contributed by atoms with Gasteiger partial charge in [-0.2, -0.15) is 0 Å². The second-order valence-electron chi connectivity index (χ2n) is 10.6. The van der Waals surface area contributed by atoms with Gasteiger partial charge in [0.25, 0.3) is 5.56 Å². The number of thiophene rings is 1. The molecule has 1 unspecified atom stereocenters. The summed E-state index contributed by atoms with van der Waals surface area (Å²) >= 11 is 1.20. The molecule has 0 bridgehead atoms. The summed E-state index contributed by atoms with van der Waals surface area (Å²) in [5, 5.41) is 10.2. The van der Waals surface area contributed by atoms with E-state index >= 15 is 0 Å². The lowest BCUT2D eigenvalue weighted by Crippen LogP contribution is -2.52. The molecule has 1 N–H and O–H groups in total. The fourth-order valence-electron chi connectivity index (χ4n) is 5.14. The van der Waals surface area contributed by atoms with Gasteiger partial charge in [0.15, 0.2) is 0 Å². The third-order valence-corrected chi connectivity index (χ3v) is 8.93. The molecule has 3 aromatic heterocycles. The van der Waals surface area contributed by atoms with Crippen LogP contribution in [0.25, 0.3) is 21.0 Å². The monoisotopic (exact) mass is 583 g/mol. The summed E-state index contributed by atoms with van der Waals surface area (Å²) in [6, 6.07) is 7.42. The molecule has 1 fully saturated rings. The number of carboxylic acids is 1. The number of hydrogen-bond donors (Lipinski definition) is 1. The third kappa shape index (κ3) is 5.34. The molecule has 12 heteroatoms. The van der Waals surface area contributed by atoms with Gasteiger partial charge in [0, 0.05) is 18.8 Å². The maximum Gasteiger partial charge on any atom is 0.333 e. The van der Waals surface area contributed by atoms with Gasteiger partial charge in [0.1, 0.15) is 28.5 Å². The Labute approximate surface area is 239 Å². The highest BCUT2D eigenvalue weighted by Crippen LogP contribution is 2.37. The lowest BCUT2D eigenvalue weighted by atomic mass is 10.0. The molecule has 0 amide bonds. The molecule has 5 rings (SSSR count). The molecule has 0 spiro atoms. The van der Waals surface area contributed by atoms with E-state index in [9.17, 15) is 19.5 Å². The predicted octanol–water partition coefficient (Wildman–Crippen LogP) is 4.20. The van der Waals surface area contributed by atoms with Crippen molar-refractivity contribution in [1.29, 1.82) is 0 Å². The molecule has 1 saturated heterocycles. The second-order valence-corrected chi connectivity index (χ2v) is 11.6. The first-order chi connectivity index (χ1) is 19.6. The minimum atomic E-state index is -1.82. The Morgan fingerprint density at radius 1 is 1.24 bits per heavy atom. The van der Waals surface area contributed by atoms with Crippen molar-refractivity contribution in [3.8, 4) is 16.5 Å². The fraction of sp³-hybridized carbons (Fsp3) is 0.448. The van der Waals surface area contributed by atoms with Crippen LogP contribution in [-0.2, 0) is 26.4 Å². The Bertz CT molecular complexity index is 1660. The SMILES string of the molecule is COc1ccccc1C(Cn1c(=O)n(C(C)(C)C(=O)O)c(=O)c2c(C)c(-c3ncco3)sc21)OCC1CCOCC1. The van der Waals surface area contributed by atoms with Gasteiger partial charge in [-0.25, -0.2) is 19.1 Å². The number of carbonyl (C=O) groups is 1. The molecule has 4 aromatic rings. The molecule has 0 aliphatic carbocycles. The van der Waals surface area contributed by atoms with E-state index in [2.05, 4.69) is 4.98 Å². The topological polar surface area (TPSA) is 135 Å². The molecular formula is C29H33N3O8S. The van der Waals surface area contributed by atoms with Gasteiger partial charge in [-0.3, -0.25) is 9.36 Å². The van der Waals surface area contributed by atoms with Crippen molar-refractivity contribution in [3.63, 3.8) is 0 Å². The van der Waals surface area contributed by atoms with Gasteiger partial charge in [0.05, 0.1) is 36.7 Å². The minimum absolute atomic E-state index is 0.0138. The maximum absolute atomic E-state index is 14.1. The van der Waals surface area contributed by atoms with Crippen molar-refractivity contribution < 1.29 is 28.5 Å². The van der Waals surface area contributed by atoms with Crippen LogP contribution in [0.3, 0.4) is 0 Å². The highest BCUT2D eigenvalue weighted by molar-refractivity contribution is 7.22. The number of oxazole rings is 1. The van der Waals surface area contributed by atoms with E-state index in [1.165, 1.54) is 42.2 Å². The number of benzene rings is 1. The summed E-state index contributed by atoms with van der Waals surface area (Å²) in [5.41, 5.74) is -1.96. The molecule has 218 valence electrons. The number of nitrogens with zero attached hydrogens (tertiary/aromatic N) is 3. The molecule has 1 atom stereocenters. The lowest BCUT2D eigenvalue weighted by Gasteiger charge is -2.28. The van der Waals surface area contributed by atoms with Crippen LogP contribution in [0.15, 0.2) is 50.7 Å².